The quantitative estimate of drug-likeness (QED) is 0.729. The Morgan fingerprint density at radius 3 is 2.18 bits per heavy atom. The van der Waals surface area contributed by atoms with Crippen LogP contribution in [0.4, 0.5) is 0 Å². The van der Waals surface area contributed by atoms with Gasteiger partial charge in [-0.2, -0.15) is 5.26 Å². The van der Waals surface area contributed by atoms with Gasteiger partial charge in [0.1, 0.15) is 0 Å². The molecule has 0 N–H and O–H groups in total. The van der Waals surface area contributed by atoms with Crippen LogP contribution in [0.5, 0.6) is 0 Å². The van der Waals surface area contributed by atoms with Crippen molar-refractivity contribution in [3.63, 3.8) is 0 Å². The third kappa shape index (κ3) is 3.09. The molecule has 1 aromatic rings. The van der Waals surface area contributed by atoms with E-state index < -0.39 is 0 Å². The van der Waals surface area contributed by atoms with Gasteiger partial charge >= 0.3 is 0 Å². The van der Waals surface area contributed by atoms with Crippen LogP contribution in [0.3, 0.4) is 0 Å². The third-order valence-corrected chi connectivity index (χ3v) is 3.29. The van der Waals surface area contributed by atoms with E-state index in [-0.39, 0.29) is 11.3 Å². The summed E-state index contributed by atoms with van der Waals surface area (Å²) in [5, 5.41) is 9.32. The standard InChI is InChI=1S/C16H23N/c1-11(2)15(10-17)14-9-13(16(4,5)6)8-7-12(14)3/h7-9,11,15H,1-6H3. The number of nitrogens with zero attached hydrogens (tertiary/aromatic N) is 1. The lowest BCUT2D eigenvalue weighted by Crippen LogP contribution is -2.13. The van der Waals surface area contributed by atoms with E-state index in [2.05, 4.69) is 65.8 Å². The Morgan fingerprint density at radius 2 is 1.76 bits per heavy atom. The molecule has 0 bridgehead atoms. The summed E-state index contributed by atoms with van der Waals surface area (Å²) in [4.78, 5) is 0. The van der Waals surface area contributed by atoms with Gasteiger partial charge in [0.2, 0.25) is 0 Å². The lowest BCUT2D eigenvalue weighted by atomic mass is 9.81. The molecule has 0 radical (unpaired) electrons. The second-order valence-electron chi connectivity index (χ2n) is 6.17. The van der Waals surface area contributed by atoms with Crippen LogP contribution >= 0.6 is 0 Å². The topological polar surface area (TPSA) is 23.8 Å². The molecule has 1 rings (SSSR count). The van der Waals surface area contributed by atoms with Crippen molar-refractivity contribution in [1.82, 2.24) is 0 Å². The Morgan fingerprint density at radius 1 is 1.18 bits per heavy atom. The maximum absolute atomic E-state index is 9.32. The first kappa shape index (κ1) is 13.8. The fourth-order valence-corrected chi connectivity index (χ4v) is 2.02. The molecule has 0 aliphatic carbocycles. The molecule has 0 saturated heterocycles. The van der Waals surface area contributed by atoms with E-state index in [9.17, 15) is 5.26 Å². The van der Waals surface area contributed by atoms with E-state index >= 15 is 0 Å². The summed E-state index contributed by atoms with van der Waals surface area (Å²) < 4.78 is 0. The Bertz CT molecular complexity index is 430. The SMILES string of the molecule is Cc1ccc(C(C)(C)C)cc1C(C#N)C(C)C. The van der Waals surface area contributed by atoms with Crippen molar-refractivity contribution in [1.29, 1.82) is 5.26 Å². The zero-order valence-electron chi connectivity index (χ0n) is 11.8. The summed E-state index contributed by atoms with van der Waals surface area (Å²) in [7, 11) is 0. The summed E-state index contributed by atoms with van der Waals surface area (Å²) in [5.41, 5.74) is 3.85. The van der Waals surface area contributed by atoms with Crippen LogP contribution in [-0.4, -0.2) is 0 Å². The first-order valence-corrected chi connectivity index (χ1v) is 6.28. The molecular weight excluding hydrogens is 206 g/mol. The van der Waals surface area contributed by atoms with Gasteiger partial charge in [-0.25, -0.2) is 0 Å². The molecule has 0 aromatic heterocycles. The predicted octanol–water partition coefficient (Wildman–Crippen LogP) is 4.56. The molecule has 0 aliphatic rings. The van der Waals surface area contributed by atoms with Gasteiger partial charge in [0.25, 0.3) is 0 Å². The molecule has 1 aromatic carbocycles. The van der Waals surface area contributed by atoms with E-state index in [4.69, 9.17) is 0 Å². The van der Waals surface area contributed by atoms with Crippen molar-refractivity contribution in [3.05, 3.63) is 34.9 Å². The molecule has 1 unspecified atom stereocenters. The number of nitriles is 1. The minimum atomic E-state index is -0.00250. The van der Waals surface area contributed by atoms with Crippen LogP contribution in [0.2, 0.25) is 0 Å². The van der Waals surface area contributed by atoms with Gasteiger partial charge in [-0.15, -0.1) is 0 Å². The molecular formula is C16H23N. The molecule has 1 nitrogen and oxygen atoms in total. The van der Waals surface area contributed by atoms with Gasteiger partial charge in [-0.1, -0.05) is 52.8 Å². The molecule has 0 spiro atoms. The minimum absolute atomic E-state index is 0.00250. The van der Waals surface area contributed by atoms with E-state index in [1.54, 1.807) is 0 Å². The largest absolute Gasteiger partial charge is 0.198 e. The molecule has 0 aliphatic heterocycles. The summed E-state index contributed by atoms with van der Waals surface area (Å²) in [6.07, 6.45) is 0. The van der Waals surface area contributed by atoms with E-state index in [1.165, 1.54) is 16.7 Å². The van der Waals surface area contributed by atoms with Crippen LogP contribution in [0.15, 0.2) is 18.2 Å². The van der Waals surface area contributed by atoms with E-state index in [0.717, 1.165) is 0 Å². The predicted molar refractivity (Wildman–Crippen MR) is 73.1 cm³/mol. The molecule has 17 heavy (non-hydrogen) atoms. The van der Waals surface area contributed by atoms with E-state index in [1.807, 2.05) is 0 Å². The Hall–Kier alpha value is -1.29. The fraction of sp³-hybridized carbons (Fsp3) is 0.562. The van der Waals surface area contributed by atoms with Crippen molar-refractivity contribution < 1.29 is 0 Å². The highest BCUT2D eigenvalue weighted by Crippen LogP contribution is 2.31. The third-order valence-electron chi connectivity index (χ3n) is 3.29. The van der Waals surface area contributed by atoms with Crippen molar-refractivity contribution in [2.24, 2.45) is 5.92 Å². The summed E-state index contributed by atoms with van der Waals surface area (Å²) in [6.45, 7) is 12.9. The smallest absolute Gasteiger partial charge is 0.0738 e. The first-order valence-electron chi connectivity index (χ1n) is 6.28. The highest BCUT2D eigenvalue weighted by atomic mass is 14.3. The highest BCUT2D eigenvalue weighted by Gasteiger charge is 2.20. The number of hydrogen-bond acceptors (Lipinski definition) is 1. The van der Waals surface area contributed by atoms with Crippen LogP contribution < -0.4 is 0 Å². The summed E-state index contributed by atoms with van der Waals surface area (Å²) >= 11 is 0. The lowest BCUT2D eigenvalue weighted by Gasteiger charge is -2.23. The molecule has 0 heterocycles. The summed E-state index contributed by atoms with van der Waals surface area (Å²) in [5.74, 6) is 0.353. The molecule has 1 atom stereocenters. The molecule has 92 valence electrons. The minimum Gasteiger partial charge on any atom is -0.198 e. The molecule has 0 amide bonds. The van der Waals surface area contributed by atoms with Crippen molar-refractivity contribution in [3.8, 4) is 6.07 Å². The monoisotopic (exact) mass is 229 g/mol. The number of benzene rings is 1. The zero-order chi connectivity index (χ0) is 13.2. The maximum Gasteiger partial charge on any atom is 0.0738 e. The maximum atomic E-state index is 9.32. The number of aryl methyl sites for hydroxylation is 1. The second-order valence-corrected chi connectivity index (χ2v) is 6.17. The Balaban J connectivity index is 3.29. The first-order chi connectivity index (χ1) is 7.77. The van der Waals surface area contributed by atoms with Gasteiger partial charge < -0.3 is 0 Å². The van der Waals surface area contributed by atoms with Crippen LogP contribution in [-0.2, 0) is 5.41 Å². The zero-order valence-corrected chi connectivity index (χ0v) is 11.8. The highest BCUT2D eigenvalue weighted by molar-refractivity contribution is 5.39. The normalized spacial score (nSPS) is 13.5. The average molecular weight is 229 g/mol. The van der Waals surface area contributed by atoms with Gasteiger partial charge in [-0.05, 0) is 34.9 Å². The van der Waals surface area contributed by atoms with Crippen LogP contribution in [0.1, 0.15) is 57.2 Å². The Labute approximate surface area is 105 Å². The van der Waals surface area contributed by atoms with Gasteiger partial charge in [0, 0.05) is 0 Å². The van der Waals surface area contributed by atoms with E-state index in [0.29, 0.717) is 5.92 Å². The van der Waals surface area contributed by atoms with Crippen LogP contribution in [0, 0.1) is 24.2 Å². The number of rotatable bonds is 2. The van der Waals surface area contributed by atoms with Crippen LogP contribution in [0.25, 0.3) is 0 Å². The van der Waals surface area contributed by atoms with Gasteiger partial charge in [0.05, 0.1) is 12.0 Å². The van der Waals surface area contributed by atoms with Gasteiger partial charge in [0.15, 0.2) is 0 Å². The van der Waals surface area contributed by atoms with Gasteiger partial charge in [-0.3, -0.25) is 0 Å². The Kier molecular flexibility index (Phi) is 3.98. The fourth-order valence-electron chi connectivity index (χ4n) is 2.02. The molecule has 0 fully saturated rings. The number of hydrogen-bond donors (Lipinski definition) is 0. The second kappa shape index (κ2) is 4.92. The molecule has 1 heteroatoms. The van der Waals surface area contributed by atoms with Crippen molar-refractivity contribution in [2.45, 2.75) is 52.9 Å². The van der Waals surface area contributed by atoms with Crippen molar-refractivity contribution >= 4 is 0 Å². The lowest BCUT2D eigenvalue weighted by molar-refractivity contribution is 0.570. The summed E-state index contributed by atoms with van der Waals surface area (Å²) in [6, 6.07) is 8.96. The molecule has 0 saturated carbocycles. The average Bonchev–Trinajstić information content (AvgIpc) is 2.19. The van der Waals surface area contributed by atoms with Crippen molar-refractivity contribution in [2.75, 3.05) is 0 Å².